The number of amides is 1. The fourth-order valence-corrected chi connectivity index (χ4v) is 4.79. The molecule has 2 fully saturated rings. The van der Waals surface area contributed by atoms with Gasteiger partial charge in [-0.2, -0.15) is 0 Å². The number of pyridine rings is 1. The second-order valence-corrected chi connectivity index (χ2v) is 9.75. The van der Waals surface area contributed by atoms with Gasteiger partial charge < -0.3 is 15.0 Å². The number of nitrogens with one attached hydrogen (secondary N) is 1. The highest BCUT2D eigenvalue weighted by Crippen LogP contribution is 2.33. The first kappa shape index (κ1) is 24.3. The number of alkyl halides is 3. The monoisotopic (exact) mass is 476 g/mol. The van der Waals surface area contributed by atoms with Crippen molar-refractivity contribution in [2.75, 3.05) is 23.4 Å². The van der Waals surface area contributed by atoms with E-state index in [0.29, 0.717) is 19.8 Å². The Hall–Kier alpha value is -2.81. The molecule has 1 amide bonds. The molecule has 2 heterocycles. The normalized spacial score (nSPS) is 19.3. The molecule has 0 bridgehead atoms. The van der Waals surface area contributed by atoms with Gasteiger partial charge in [0.25, 0.3) is 0 Å². The van der Waals surface area contributed by atoms with Gasteiger partial charge >= 0.3 is 6.36 Å². The second kappa shape index (κ2) is 9.82. The number of aromatic nitrogens is 1. The number of hydrogen-bond acceptors (Lipinski definition) is 5. The Labute approximate surface area is 198 Å². The van der Waals surface area contributed by atoms with Crippen LogP contribution in [0.15, 0.2) is 42.7 Å². The lowest BCUT2D eigenvalue weighted by molar-refractivity contribution is -0.274. The molecule has 1 aromatic carbocycles. The number of hydrogen-bond donors (Lipinski definition) is 1. The van der Waals surface area contributed by atoms with Gasteiger partial charge in [0.1, 0.15) is 5.75 Å². The fourth-order valence-electron chi connectivity index (χ4n) is 4.79. The average molecular weight is 477 g/mol. The van der Waals surface area contributed by atoms with Crippen LogP contribution in [0.25, 0.3) is 0 Å². The zero-order valence-electron chi connectivity index (χ0n) is 19.6. The Morgan fingerprint density at radius 1 is 1.15 bits per heavy atom. The van der Waals surface area contributed by atoms with Gasteiger partial charge in [-0.05, 0) is 62.6 Å². The molecule has 4 rings (SSSR count). The first-order valence-electron chi connectivity index (χ1n) is 11.7. The largest absolute Gasteiger partial charge is 0.573 e. The maximum atomic E-state index is 12.8. The van der Waals surface area contributed by atoms with E-state index in [1.165, 1.54) is 18.6 Å². The molecule has 0 unspecified atom stereocenters. The van der Waals surface area contributed by atoms with Crippen molar-refractivity contribution >= 4 is 17.3 Å². The second-order valence-electron chi connectivity index (χ2n) is 9.75. The predicted octanol–water partition coefficient (Wildman–Crippen LogP) is 5.56. The molecule has 1 aliphatic carbocycles. The van der Waals surface area contributed by atoms with E-state index >= 15 is 0 Å². The van der Waals surface area contributed by atoms with Crippen LogP contribution in [0.1, 0.15) is 51.5 Å². The summed E-state index contributed by atoms with van der Waals surface area (Å²) in [4.78, 5) is 21.4. The molecule has 0 atom stereocenters. The van der Waals surface area contributed by atoms with E-state index < -0.39 is 6.36 Å². The maximum absolute atomic E-state index is 12.8. The Kier molecular flexibility index (Phi) is 7.02. The molecule has 2 aromatic rings. The van der Waals surface area contributed by atoms with Crippen LogP contribution in [0.4, 0.5) is 24.5 Å². The standard InChI is InChI=1S/C25H31F3N4O2/c1-24(2)16-31(20-8-10-21(11-9-20)34-25(26,27)28)17-32(24)15-19-12-13-29-14-22(19)30-23(33)18-6-4-3-5-7-18/h8-14,18H,3-7,15-17H2,1-2H3,(H,30,33). The van der Waals surface area contributed by atoms with Gasteiger partial charge in [0.05, 0.1) is 18.6 Å². The van der Waals surface area contributed by atoms with E-state index in [1.807, 2.05) is 6.07 Å². The number of halogens is 3. The van der Waals surface area contributed by atoms with Gasteiger partial charge in [-0.3, -0.25) is 14.7 Å². The molecule has 2 aliphatic rings. The molecule has 34 heavy (non-hydrogen) atoms. The van der Waals surface area contributed by atoms with Crippen molar-refractivity contribution in [3.63, 3.8) is 0 Å². The molecule has 0 spiro atoms. The van der Waals surface area contributed by atoms with E-state index in [9.17, 15) is 18.0 Å². The van der Waals surface area contributed by atoms with Gasteiger partial charge in [-0.1, -0.05) is 19.3 Å². The molecule has 0 radical (unpaired) electrons. The van der Waals surface area contributed by atoms with Gasteiger partial charge in [0.15, 0.2) is 0 Å². The Balaban J connectivity index is 1.43. The van der Waals surface area contributed by atoms with Crippen molar-refractivity contribution in [1.29, 1.82) is 0 Å². The number of ether oxygens (including phenoxy) is 1. The van der Waals surface area contributed by atoms with Crippen LogP contribution in [0.3, 0.4) is 0 Å². The van der Waals surface area contributed by atoms with E-state index in [4.69, 9.17) is 0 Å². The van der Waals surface area contributed by atoms with Gasteiger partial charge in [-0.25, -0.2) is 0 Å². The van der Waals surface area contributed by atoms with E-state index in [2.05, 4.69) is 38.7 Å². The van der Waals surface area contributed by atoms with Crippen molar-refractivity contribution in [1.82, 2.24) is 9.88 Å². The van der Waals surface area contributed by atoms with Crippen molar-refractivity contribution < 1.29 is 22.7 Å². The summed E-state index contributed by atoms with van der Waals surface area (Å²) in [5.41, 5.74) is 2.37. The molecule has 6 nitrogen and oxygen atoms in total. The summed E-state index contributed by atoms with van der Waals surface area (Å²) in [5, 5.41) is 3.10. The number of carbonyl (C=O) groups is 1. The summed E-state index contributed by atoms with van der Waals surface area (Å²) in [6.07, 6.45) is 3.98. The summed E-state index contributed by atoms with van der Waals surface area (Å²) >= 11 is 0. The number of carbonyl (C=O) groups excluding carboxylic acids is 1. The number of nitrogens with zero attached hydrogens (tertiary/aromatic N) is 3. The summed E-state index contributed by atoms with van der Waals surface area (Å²) in [7, 11) is 0. The summed E-state index contributed by atoms with van der Waals surface area (Å²) < 4.78 is 41.3. The van der Waals surface area contributed by atoms with Crippen LogP contribution in [-0.4, -0.2) is 40.9 Å². The third kappa shape index (κ3) is 6.00. The number of benzene rings is 1. The molecule has 1 N–H and O–H groups in total. The molecule has 9 heteroatoms. The highest BCUT2D eigenvalue weighted by molar-refractivity contribution is 5.93. The third-order valence-corrected chi connectivity index (χ3v) is 6.72. The molecule has 1 aliphatic heterocycles. The summed E-state index contributed by atoms with van der Waals surface area (Å²) in [6, 6.07) is 7.88. The minimum atomic E-state index is -4.71. The molecule has 1 saturated heterocycles. The van der Waals surface area contributed by atoms with Crippen LogP contribution < -0.4 is 15.0 Å². The van der Waals surface area contributed by atoms with E-state index in [1.54, 1.807) is 24.5 Å². The molecular formula is C25H31F3N4O2. The van der Waals surface area contributed by atoms with Crippen molar-refractivity contribution in [2.24, 2.45) is 5.92 Å². The lowest BCUT2D eigenvalue weighted by atomic mass is 9.88. The zero-order valence-corrected chi connectivity index (χ0v) is 19.6. The molecular weight excluding hydrogens is 445 g/mol. The van der Waals surface area contributed by atoms with Crippen molar-refractivity contribution in [3.05, 3.63) is 48.3 Å². The Morgan fingerprint density at radius 3 is 2.53 bits per heavy atom. The van der Waals surface area contributed by atoms with E-state index in [-0.39, 0.29) is 23.1 Å². The van der Waals surface area contributed by atoms with Gasteiger partial charge in [-0.15, -0.1) is 13.2 Å². The van der Waals surface area contributed by atoms with Crippen molar-refractivity contribution in [2.45, 2.75) is 64.4 Å². The Morgan fingerprint density at radius 2 is 1.85 bits per heavy atom. The summed E-state index contributed by atoms with van der Waals surface area (Å²) in [5.74, 6) is -0.107. The molecule has 1 saturated carbocycles. The molecule has 184 valence electrons. The summed E-state index contributed by atoms with van der Waals surface area (Å²) in [6.45, 7) is 6.19. The topological polar surface area (TPSA) is 57.7 Å². The zero-order chi connectivity index (χ0) is 24.3. The first-order valence-corrected chi connectivity index (χ1v) is 11.7. The SMILES string of the molecule is CC1(C)CN(c2ccc(OC(F)(F)F)cc2)CN1Cc1ccncc1NC(=O)C1CCCCC1. The first-order chi connectivity index (χ1) is 16.1. The van der Waals surface area contributed by atoms with Crippen LogP contribution >= 0.6 is 0 Å². The average Bonchev–Trinajstić information content (AvgIpc) is 3.09. The lowest BCUT2D eigenvalue weighted by Crippen LogP contribution is -2.39. The van der Waals surface area contributed by atoms with Crippen LogP contribution in [0, 0.1) is 5.92 Å². The molecule has 1 aromatic heterocycles. The van der Waals surface area contributed by atoms with E-state index in [0.717, 1.165) is 42.6 Å². The highest BCUT2D eigenvalue weighted by Gasteiger charge is 2.37. The van der Waals surface area contributed by atoms with Crippen molar-refractivity contribution in [3.8, 4) is 5.75 Å². The van der Waals surface area contributed by atoms with Gasteiger partial charge in [0, 0.05) is 36.4 Å². The Bertz CT molecular complexity index is 988. The lowest BCUT2D eigenvalue weighted by Gasteiger charge is -2.30. The minimum absolute atomic E-state index is 0.0600. The van der Waals surface area contributed by atoms with Crippen LogP contribution in [0.2, 0.25) is 0 Å². The third-order valence-electron chi connectivity index (χ3n) is 6.72. The number of anilines is 2. The highest BCUT2D eigenvalue weighted by atomic mass is 19.4. The van der Waals surface area contributed by atoms with Crippen LogP contribution in [-0.2, 0) is 11.3 Å². The smallest absolute Gasteiger partial charge is 0.406 e. The maximum Gasteiger partial charge on any atom is 0.573 e. The predicted molar refractivity (Wildman–Crippen MR) is 124 cm³/mol. The fraction of sp³-hybridized carbons (Fsp3) is 0.520. The number of rotatable bonds is 6. The van der Waals surface area contributed by atoms with Gasteiger partial charge in [0.2, 0.25) is 5.91 Å². The van der Waals surface area contributed by atoms with Crippen LogP contribution in [0.5, 0.6) is 5.75 Å². The minimum Gasteiger partial charge on any atom is -0.406 e. The quantitative estimate of drug-likeness (QED) is 0.592.